The van der Waals surface area contributed by atoms with E-state index in [2.05, 4.69) is 0 Å². The van der Waals surface area contributed by atoms with Crippen molar-refractivity contribution >= 4 is 17.7 Å². The fourth-order valence-electron chi connectivity index (χ4n) is 1.88. The minimum atomic E-state index is -1.09. The van der Waals surface area contributed by atoms with Gasteiger partial charge in [-0.1, -0.05) is 6.08 Å². The lowest BCUT2D eigenvalue weighted by molar-refractivity contribution is -0.159. The smallest absolute Gasteiger partial charge is 0.324 e. The maximum Gasteiger partial charge on any atom is 0.324 e. The minimum absolute atomic E-state index is 0.0334. The number of carbonyl (C=O) groups excluding carboxylic acids is 3. The molecule has 5 nitrogen and oxygen atoms in total. The van der Waals surface area contributed by atoms with Gasteiger partial charge >= 0.3 is 11.9 Å². The molecule has 0 aromatic carbocycles. The predicted molar refractivity (Wildman–Crippen MR) is 63.7 cm³/mol. The van der Waals surface area contributed by atoms with Crippen molar-refractivity contribution in [1.82, 2.24) is 0 Å². The molecule has 0 amide bonds. The van der Waals surface area contributed by atoms with Crippen molar-refractivity contribution in [3.05, 3.63) is 11.6 Å². The molecule has 1 aliphatic carbocycles. The topological polar surface area (TPSA) is 69.7 Å². The number of Topliss-reactive ketones (excluding diaryl/α,β-unsaturated/α-hetero) is 1. The summed E-state index contributed by atoms with van der Waals surface area (Å²) in [7, 11) is 0. The molecule has 5 heteroatoms. The fourth-order valence-corrected chi connectivity index (χ4v) is 1.88. The van der Waals surface area contributed by atoms with Crippen LogP contribution in [-0.4, -0.2) is 30.9 Å². The molecule has 0 saturated carbocycles. The summed E-state index contributed by atoms with van der Waals surface area (Å²) < 4.78 is 9.74. The van der Waals surface area contributed by atoms with E-state index < -0.39 is 17.9 Å². The van der Waals surface area contributed by atoms with Gasteiger partial charge in [0.05, 0.1) is 13.2 Å². The summed E-state index contributed by atoms with van der Waals surface area (Å²) in [5.41, 5.74) is 0.503. The maximum atomic E-state index is 11.8. The first-order valence-electron chi connectivity index (χ1n) is 6.14. The van der Waals surface area contributed by atoms with Gasteiger partial charge in [-0.15, -0.1) is 0 Å². The second kappa shape index (κ2) is 6.93. The summed E-state index contributed by atoms with van der Waals surface area (Å²) in [5, 5.41) is 0. The number of allylic oxidation sites excluding steroid dienone is 1. The Balaban J connectivity index is 2.89. The molecule has 0 fully saturated rings. The van der Waals surface area contributed by atoms with Crippen LogP contribution >= 0.6 is 0 Å². The highest BCUT2D eigenvalue weighted by Gasteiger charge is 2.34. The standard InChI is InChI=1S/C13H18O5/c1-3-17-12(15)11(13(16)18-4-2)9-6-5-7-10(14)8-9/h6,11H,3-5,7-8H2,1-2H3. The predicted octanol–water partition coefficient (Wildman–Crippen LogP) is 1.41. The highest BCUT2D eigenvalue weighted by Crippen LogP contribution is 2.24. The second-order valence-corrected chi connectivity index (χ2v) is 3.97. The van der Waals surface area contributed by atoms with E-state index >= 15 is 0 Å². The van der Waals surface area contributed by atoms with Gasteiger partial charge in [-0.05, 0) is 25.8 Å². The number of hydrogen-bond acceptors (Lipinski definition) is 5. The van der Waals surface area contributed by atoms with Crippen LogP contribution in [0.4, 0.5) is 0 Å². The van der Waals surface area contributed by atoms with Crippen LogP contribution in [0.1, 0.15) is 33.1 Å². The van der Waals surface area contributed by atoms with E-state index in [0.717, 1.165) is 0 Å². The van der Waals surface area contributed by atoms with Crippen molar-refractivity contribution in [3.63, 3.8) is 0 Å². The SMILES string of the molecule is CCOC(=O)C(C(=O)OCC)C1=CCCC(=O)C1. The number of ketones is 1. The summed E-state index contributed by atoms with van der Waals surface area (Å²) in [6.45, 7) is 3.72. The number of hydrogen-bond donors (Lipinski definition) is 0. The monoisotopic (exact) mass is 254 g/mol. The Morgan fingerprint density at radius 2 is 1.78 bits per heavy atom. The van der Waals surface area contributed by atoms with Gasteiger partial charge in [0.1, 0.15) is 5.78 Å². The van der Waals surface area contributed by atoms with Crippen LogP contribution in [0.25, 0.3) is 0 Å². The van der Waals surface area contributed by atoms with Gasteiger partial charge in [-0.3, -0.25) is 14.4 Å². The van der Waals surface area contributed by atoms with E-state index in [1.165, 1.54) is 0 Å². The van der Waals surface area contributed by atoms with Crippen LogP contribution < -0.4 is 0 Å². The molecule has 1 aliphatic rings. The molecule has 0 radical (unpaired) electrons. The third-order valence-electron chi connectivity index (χ3n) is 2.65. The lowest BCUT2D eigenvalue weighted by Gasteiger charge is -2.19. The fraction of sp³-hybridized carbons (Fsp3) is 0.615. The Labute approximate surface area is 106 Å². The first-order valence-corrected chi connectivity index (χ1v) is 6.14. The number of carbonyl (C=O) groups is 3. The molecule has 0 atom stereocenters. The summed E-state index contributed by atoms with van der Waals surface area (Å²) in [5.74, 6) is -2.34. The molecule has 0 spiro atoms. The highest BCUT2D eigenvalue weighted by atomic mass is 16.6. The third kappa shape index (κ3) is 3.68. The molecule has 0 aromatic rings. The molecule has 0 saturated heterocycles. The maximum absolute atomic E-state index is 11.8. The highest BCUT2D eigenvalue weighted by molar-refractivity contribution is 6.00. The molecule has 0 aliphatic heterocycles. The van der Waals surface area contributed by atoms with Crippen LogP contribution in [0.2, 0.25) is 0 Å². The Morgan fingerprint density at radius 1 is 1.22 bits per heavy atom. The summed E-state index contributed by atoms with van der Waals surface area (Å²) >= 11 is 0. The van der Waals surface area contributed by atoms with Crippen LogP contribution in [0.5, 0.6) is 0 Å². The molecule has 0 N–H and O–H groups in total. The molecular formula is C13H18O5. The van der Waals surface area contributed by atoms with E-state index in [1.807, 2.05) is 0 Å². The average molecular weight is 254 g/mol. The molecule has 1 rings (SSSR count). The van der Waals surface area contributed by atoms with E-state index in [-0.39, 0.29) is 25.4 Å². The van der Waals surface area contributed by atoms with E-state index in [9.17, 15) is 14.4 Å². The number of esters is 2. The first kappa shape index (κ1) is 14.4. The van der Waals surface area contributed by atoms with Crippen LogP contribution in [-0.2, 0) is 23.9 Å². The second-order valence-electron chi connectivity index (χ2n) is 3.97. The molecule has 100 valence electrons. The quantitative estimate of drug-likeness (QED) is 0.421. The summed E-state index contributed by atoms with van der Waals surface area (Å²) in [6.07, 6.45) is 2.91. The Bertz CT molecular complexity index is 352. The van der Waals surface area contributed by atoms with Crippen molar-refractivity contribution in [3.8, 4) is 0 Å². The normalized spacial score (nSPS) is 15.3. The third-order valence-corrected chi connectivity index (χ3v) is 2.65. The molecule has 0 heterocycles. The van der Waals surface area contributed by atoms with Gasteiger partial charge in [0, 0.05) is 12.8 Å². The number of ether oxygens (including phenoxy) is 2. The van der Waals surface area contributed by atoms with E-state index in [0.29, 0.717) is 18.4 Å². The zero-order chi connectivity index (χ0) is 13.5. The molecule has 0 aromatic heterocycles. The van der Waals surface area contributed by atoms with E-state index in [1.54, 1.807) is 19.9 Å². The Kier molecular flexibility index (Phi) is 5.55. The largest absolute Gasteiger partial charge is 0.465 e. The average Bonchev–Trinajstić information content (AvgIpc) is 2.30. The van der Waals surface area contributed by atoms with Crippen LogP contribution in [0, 0.1) is 5.92 Å². The summed E-state index contributed by atoms with van der Waals surface area (Å²) in [6, 6.07) is 0. The van der Waals surface area contributed by atoms with Gasteiger partial charge in [0.25, 0.3) is 0 Å². The van der Waals surface area contributed by atoms with Gasteiger partial charge < -0.3 is 9.47 Å². The Morgan fingerprint density at radius 3 is 2.22 bits per heavy atom. The number of rotatable bonds is 5. The van der Waals surface area contributed by atoms with Gasteiger partial charge in [0.2, 0.25) is 0 Å². The lowest BCUT2D eigenvalue weighted by Crippen LogP contribution is -2.31. The Hall–Kier alpha value is -1.65. The summed E-state index contributed by atoms with van der Waals surface area (Å²) in [4.78, 5) is 35.0. The van der Waals surface area contributed by atoms with E-state index in [4.69, 9.17) is 9.47 Å². The zero-order valence-corrected chi connectivity index (χ0v) is 10.7. The van der Waals surface area contributed by atoms with Gasteiger partial charge in [-0.2, -0.15) is 0 Å². The van der Waals surface area contributed by atoms with Crippen molar-refractivity contribution in [1.29, 1.82) is 0 Å². The van der Waals surface area contributed by atoms with Crippen molar-refractivity contribution in [2.75, 3.05) is 13.2 Å². The van der Waals surface area contributed by atoms with Crippen molar-refractivity contribution < 1.29 is 23.9 Å². The zero-order valence-electron chi connectivity index (χ0n) is 10.7. The van der Waals surface area contributed by atoms with Crippen molar-refractivity contribution in [2.24, 2.45) is 5.92 Å². The van der Waals surface area contributed by atoms with Gasteiger partial charge in [-0.25, -0.2) is 0 Å². The molecule has 0 bridgehead atoms. The minimum Gasteiger partial charge on any atom is -0.465 e. The van der Waals surface area contributed by atoms with Gasteiger partial charge in [0.15, 0.2) is 5.92 Å². The molecule has 0 unspecified atom stereocenters. The molecular weight excluding hydrogens is 236 g/mol. The van der Waals surface area contributed by atoms with Crippen LogP contribution in [0.15, 0.2) is 11.6 Å². The molecule has 18 heavy (non-hydrogen) atoms. The first-order chi connectivity index (χ1) is 8.60. The lowest BCUT2D eigenvalue weighted by atomic mass is 9.88. The van der Waals surface area contributed by atoms with Crippen LogP contribution in [0.3, 0.4) is 0 Å². The van der Waals surface area contributed by atoms with Crippen molar-refractivity contribution in [2.45, 2.75) is 33.1 Å².